The average molecular weight is 338 g/mol. The molecule has 0 saturated carbocycles. The molecule has 2 aliphatic heterocycles. The molecule has 0 spiro atoms. The number of nitrogens with zero attached hydrogens (tertiary/aromatic N) is 1. The molecular weight excluding hydrogens is 321 g/mol. The van der Waals surface area contributed by atoms with E-state index >= 15 is 0 Å². The number of alkyl halides is 3. The van der Waals surface area contributed by atoms with E-state index in [1.165, 1.54) is 0 Å². The first-order valence-corrected chi connectivity index (χ1v) is 7.77. The summed E-state index contributed by atoms with van der Waals surface area (Å²) < 4.78 is 44.6. The van der Waals surface area contributed by atoms with Gasteiger partial charge in [0.2, 0.25) is 4.87 Å². The maximum absolute atomic E-state index is 13.1. The van der Waals surface area contributed by atoms with Crippen molar-refractivity contribution < 1.29 is 27.8 Å². The standard InChI is InChI=1S/C13H17F3N2O3S/c1-2-22-12(11(19)20)8-9(13(14,15)16)7-10(17-12)18-3-5-21-6-4-18/h7-8,17H,2-6H2,1H3,(H,19,20). The van der Waals surface area contributed by atoms with Gasteiger partial charge in [0.1, 0.15) is 5.82 Å². The van der Waals surface area contributed by atoms with Crippen molar-refractivity contribution in [1.82, 2.24) is 10.2 Å². The molecule has 1 atom stereocenters. The summed E-state index contributed by atoms with van der Waals surface area (Å²) in [7, 11) is 0. The molecule has 0 aromatic carbocycles. The number of rotatable bonds is 4. The van der Waals surface area contributed by atoms with Gasteiger partial charge >= 0.3 is 12.1 Å². The van der Waals surface area contributed by atoms with Gasteiger partial charge in [-0.2, -0.15) is 13.2 Å². The predicted octanol–water partition coefficient (Wildman–Crippen LogP) is 1.79. The highest BCUT2D eigenvalue weighted by atomic mass is 32.2. The van der Waals surface area contributed by atoms with E-state index in [0.717, 1.165) is 23.9 Å². The van der Waals surface area contributed by atoms with Gasteiger partial charge in [0.25, 0.3) is 0 Å². The fourth-order valence-electron chi connectivity index (χ4n) is 2.29. The molecule has 2 N–H and O–H groups in total. The Labute approximate surface area is 130 Å². The fraction of sp³-hybridized carbons (Fsp3) is 0.615. The lowest BCUT2D eigenvalue weighted by Crippen LogP contribution is -2.54. The van der Waals surface area contributed by atoms with Crippen molar-refractivity contribution in [3.8, 4) is 0 Å². The van der Waals surface area contributed by atoms with E-state index in [0.29, 0.717) is 32.1 Å². The Morgan fingerprint density at radius 3 is 2.64 bits per heavy atom. The summed E-state index contributed by atoms with van der Waals surface area (Å²) in [6, 6.07) is 0. The molecule has 0 amide bonds. The molecule has 2 heterocycles. The second kappa shape index (κ2) is 6.41. The molecule has 1 fully saturated rings. The number of thioether (sulfide) groups is 1. The highest BCUT2D eigenvalue weighted by Gasteiger charge is 2.45. The van der Waals surface area contributed by atoms with Gasteiger partial charge in [-0.25, -0.2) is 4.79 Å². The monoisotopic (exact) mass is 338 g/mol. The third kappa shape index (κ3) is 3.52. The molecular formula is C13H17F3N2O3S. The van der Waals surface area contributed by atoms with Crippen LogP contribution in [-0.4, -0.2) is 59.1 Å². The molecule has 0 aromatic heterocycles. The van der Waals surface area contributed by atoms with Crippen LogP contribution in [0.5, 0.6) is 0 Å². The first-order valence-electron chi connectivity index (χ1n) is 6.78. The van der Waals surface area contributed by atoms with Crippen molar-refractivity contribution in [3.05, 3.63) is 23.5 Å². The minimum Gasteiger partial charge on any atom is -0.479 e. The summed E-state index contributed by atoms with van der Waals surface area (Å²) in [4.78, 5) is 11.5. The van der Waals surface area contributed by atoms with E-state index < -0.39 is 22.6 Å². The van der Waals surface area contributed by atoms with Crippen molar-refractivity contribution in [2.45, 2.75) is 18.0 Å². The Balaban J connectivity index is 2.40. The van der Waals surface area contributed by atoms with Crippen molar-refractivity contribution in [2.24, 2.45) is 0 Å². The number of carboxylic acid groups (broad SMARTS) is 1. The van der Waals surface area contributed by atoms with Gasteiger partial charge < -0.3 is 20.1 Å². The van der Waals surface area contributed by atoms with Crippen molar-refractivity contribution in [3.63, 3.8) is 0 Å². The highest BCUT2D eigenvalue weighted by molar-refractivity contribution is 8.01. The van der Waals surface area contributed by atoms with Crippen LogP contribution < -0.4 is 5.32 Å². The number of nitrogens with one attached hydrogen (secondary N) is 1. The van der Waals surface area contributed by atoms with Crippen molar-refractivity contribution >= 4 is 17.7 Å². The summed E-state index contributed by atoms with van der Waals surface area (Å²) in [6.07, 6.45) is -2.90. The number of hydrogen-bond donors (Lipinski definition) is 2. The van der Waals surface area contributed by atoms with Crippen LogP contribution in [0.1, 0.15) is 6.92 Å². The zero-order valence-electron chi connectivity index (χ0n) is 11.9. The Bertz CT molecular complexity index is 501. The van der Waals surface area contributed by atoms with Crippen LogP contribution in [0.15, 0.2) is 23.5 Å². The van der Waals surface area contributed by atoms with E-state index in [2.05, 4.69) is 5.32 Å². The number of allylic oxidation sites excluding steroid dienone is 2. The Morgan fingerprint density at radius 1 is 1.50 bits per heavy atom. The topological polar surface area (TPSA) is 61.8 Å². The molecule has 9 heteroatoms. The van der Waals surface area contributed by atoms with Crippen LogP contribution in [0, 0.1) is 0 Å². The summed E-state index contributed by atoms with van der Waals surface area (Å²) >= 11 is 0.910. The molecule has 0 bridgehead atoms. The second-order valence-electron chi connectivity index (χ2n) is 4.83. The number of carboxylic acids is 1. The van der Waals surface area contributed by atoms with E-state index in [1.54, 1.807) is 11.8 Å². The number of ether oxygens (including phenoxy) is 1. The predicted molar refractivity (Wildman–Crippen MR) is 76.2 cm³/mol. The zero-order valence-corrected chi connectivity index (χ0v) is 12.8. The van der Waals surface area contributed by atoms with Gasteiger partial charge in [0.05, 0.1) is 18.8 Å². The lowest BCUT2D eigenvalue weighted by atomic mass is 10.1. The molecule has 0 aromatic rings. The van der Waals surface area contributed by atoms with Crippen molar-refractivity contribution in [1.29, 1.82) is 0 Å². The van der Waals surface area contributed by atoms with Gasteiger partial charge in [0, 0.05) is 13.1 Å². The van der Waals surface area contributed by atoms with Gasteiger partial charge in [-0.3, -0.25) is 0 Å². The molecule has 0 aliphatic carbocycles. The molecule has 5 nitrogen and oxygen atoms in total. The number of aliphatic carboxylic acids is 1. The van der Waals surface area contributed by atoms with Crippen molar-refractivity contribution in [2.75, 3.05) is 32.1 Å². The maximum atomic E-state index is 13.1. The van der Waals surface area contributed by atoms with Gasteiger partial charge in [-0.1, -0.05) is 6.92 Å². The normalized spacial score (nSPS) is 26.1. The number of carbonyl (C=O) groups is 1. The summed E-state index contributed by atoms with van der Waals surface area (Å²) in [6.45, 7) is 3.31. The minimum atomic E-state index is -4.60. The smallest absolute Gasteiger partial charge is 0.416 e. The van der Waals surface area contributed by atoms with Gasteiger partial charge in [-0.05, 0) is 17.9 Å². The minimum absolute atomic E-state index is 0.168. The van der Waals surface area contributed by atoms with E-state index in [-0.39, 0.29) is 5.82 Å². The number of dihydropyridines is 1. The van der Waals surface area contributed by atoms with E-state index in [1.807, 2.05) is 0 Å². The van der Waals surface area contributed by atoms with E-state index in [9.17, 15) is 23.1 Å². The van der Waals surface area contributed by atoms with Gasteiger partial charge in [0.15, 0.2) is 0 Å². The maximum Gasteiger partial charge on any atom is 0.416 e. The highest BCUT2D eigenvalue weighted by Crippen LogP contribution is 2.37. The SMILES string of the molecule is CCSC1(C(=O)O)C=C(C(F)(F)F)C=C(N2CCOCC2)N1. The van der Waals surface area contributed by atoms with Crippen LogP contribution >= 0.6 is 11.8 Å². The molecule has 1 unspecified atom stereocenters. The molecule has 2 aliphatic rings. The van der Waals surface area contributed by atoms with Crippen LogP contribution in [0.2, 0.25) is 0 Å². The Kier molecular flexibility index (Phi) is 4.96. The summed E-state index contributed by atoms with van der Waals surface area (Å²) in [5, 5.41) is 12.2. The van der Waals surface area contributed by atoms with Crippen LogP contribution in [-0.2, 0) is 9.53 Å². The first-order chi connectivity index (χ1) is 10.3. The molecule has 0 radical (unpaired) electrons. The number of morpholine rings is 1. The molecule has 1 saturated heterocycles. The van der Waals surface area contributed by atoms with Crippen LogP contribution in [0.25, 0.3) is 0 Å². The zero-order chi connectivity index (χ0) is 16.4. The van der Waals surface area contributed by atoms with Crippen LogP contribution in [0.3, 0.4) is 0 Å². The molecule has 124 valence electrons. The number of hydrogen-bond acceptors (Lipinski definition) is 5. The second-order valence-corrected chi connectivity index (χ2v) is 6.34. The first kappa shape index (κ1) is 17.0. The lowest BCUT2D eigenvalue weighted by Gasteiger charge is -2.39. The third-order valence-corrected chi connectivity index (χ3v) is 4.47. The van der Waals surface area contributed by atoms with E-state index in [4.69, 9.17) is 4.74 Å². The average Bonchev–Trinajstić information content (AvgIpc) is 2.47. The Morgan fingerprint density at radius 2 is 2.14 bits per heavy atom. The fourth-order valence-corrected chi connectivity index (χ4v) is 3.26. The quantitative estimate of drug-likeness (QED) is 0.815. The molecule has 2 rings (SSSR count). The third-order valence-electron chi connectivity index (χ3n) is 3.33. The van der Waals surface area contributed by atoms with Gasteiger partial charge in [-0.15, -0.1) is 11.8 Å². The Hall–Kier alpha value is -1.35. The lowest BCUT2D eigenvalue weighted by molar-refractivity contribution is -0.139. The largest absolute Gasteiger partial charge is 0.479 e. The summed E-state index contributed by atoms with van der Waals surface area (Å²) in [5.74, 6) is -0.821. The number of halogens is 3. The van der Waals surface area contributed by atoms with Crippen LogP contribution in [0.4, 0.5) is 13.2 Å². The molecule has 22 heavy (non-hydrogen) atoms. The summed E-state index contributed by atoms with van der Waals surface area (Å²) in [5.41, 5.74) is -0.948.